The average Bonchev–Trinajstić information content (AvgIpc) is 3.03. The fraction of sp³-hybridized carbons (Fsp3) is 0.219. The molecule has 0 bridgehead atoms. The summed E-state index contributed by atoms with van der Waals surface area (Å²) in [5.41, 5.74) is 4.40. The van der Waals surface area contributed by atoms with Gasteiger partial charge in [-0.1, -0.05) is 48.5 Å². The summed E-state index contributed by atoms with van der Waals surface area (Å²) in [6.07, 6.45) is 2.88. The molecule has 1 saturated heterocycles. The van der Waals surface area contributed by atoms with E-state index in [1.165, 1.54) is 6.20 Å². The Balaban J connectivity index is 1.27. The molecule has 1 aliphatic heterocycles. The van der Waals surface area contributed by atoms with Gasteiger partial charge in [0.05, 0.1) is 29.9 Å². The number of thioether (sulfide) groups is 1. The summed E-state index contributed by atoms with van der Waals surface area (Å²) in [6, 6.07) is 25.8. The van der Waals surface area contributed by atoms with Crippen molar-refractivity contribution < 1.29 is 29.3 Å². The lowest BCUT2D eigenvalue weighted by Gasteiger charge is -2.36. The molecule has 4 aromatic rings. The number of carboxylic acids is 1. The quantitative estimate of drug-likeness (QED) is 0.213. The number of aliphatic hydroxyl groups excluding tert-OH is 1. The lowest BCUT2D eigenvalue weighted by Crippen LogP contribution is -2.31. The zero-order chi connectivity index (χ0) is 28.6. The Morgan fingerprint density at radius 1 is 0.878 bits per heavy atom. The standard InChI is InChI=1S/C32H30N2O6S/c35-19-22-5-7-23(8-6-22)29-16-27(20-41-28-13-11-24(12-14-28)31(37)38)39-32(40-29)25-9-3-21(4-10-25)17-34-30(36)26-2-1-15-33-18-26/h1-15,18,27,29,32,35H,16-17,19-20H2,(H,34,36)(H,37,38)/t27-,29+,32+/m0/s1. The molecule has 0 saturated carbocycles. The van der Waals surface area contributed by atoms with E-state index in [-0.39, 0.29) is 30.3 Å². The van der Waals surface area contributed by atoms with Crippen molar-refractivity contribution in [1.82, 2.24) is 10.3 Å². The third-order valence-electron chi connectivity index (χ3n) is 6.78. The van der Waals surface area contributed by atoms with Gasteiger partial charge in [-0.2, -0.15) is 0 Å². The minimum Gasteiger partial charge on any atom is -0.478 e. The number of pyridine rings is 1. The van der Waals surface area contributed by atoms with E-state index >= 15 is 0 Å². The lowest BCUT2D eigenvalue weighted by molar-refractivity contribution is -0.245. The summed E-state index contributed by atoms with van der Waals surface area (Å²) in [5, 5.41) is 21.5. The van der Waals surface area contributed by atoms with Crippen LogP contribution in [0.15, 0.2) is 102 Å². The largest absolute Gasteiger partial charge is 0.478 e. The van der Waals surface area contributed by atoms with Gasteiger partial charge in [0, 0.05) is 41.6 Å². The van der Waals surface area contributed by atoms with Gasteiger partial charge in [0.2, 0.25) is 0 Å². The number of carbonyl (C=O) groups is 2. The third kappa shape index (κ3) is 7.59. The summed E-state index contributed by atoms with van der Waals surface area (Å²) in [5.74, 6) is -0.473. The van der Waals surface area contributed by atoms with Crippen LogP contribution >= 0.6 is 11.8 Å². The van der Waals surface area contributed by atoms with Crippen LogP contribution in [0.5, 0.6) is 0 Å². The molecule has 0 radical (unpaired) electrons. The third-order valence-corrected chi connectivity index (χ3v) is 7.92. The Hall–Kier alpha value is -4.02. The van der Waals surface area contributed by atoms with Crippen LogP contribution in [-0.2, 0) is 22.6 Å². The van der Waals surface area contributed by atoms with Gasteiger partial charge in [-0.15, -0.1) is 11.8 Å². The number of amides is 1. The minimum absolute atomic E-state index is 0.0213. The molecule has 0 aliphatic carbocycles. The van der Waals surface area contributed by atoms with E-state index in [9.17, 15) is 14.7 Å². The fourth-order valence-corrected chi connectivity index (χ4v) is 5.40. The number of hydrogen-bond donors (Lipinski definition) is 3. The van der Waals surface area contributed by atoms with Crippen molar-refractivity contribution >= 4 is 23.6 Å². The number of ether oxygens (including phenoxy) is 2. The van der Waals surface area contributed by atoms with E-state index in [4.69, 9.17) is 14.6 Å². The molecule has 1 aliphatic rings. The predicted octanol–water partition coefficient (Wildman–Crippen LogP) is 5.54. The normalized spacial score (nSPS) is 18.5. The number of rotatable bonds is 10. The summed E-state index contributed by atoms with van der Waals surface area (Å²) in [6.45, 7) is 0.354. The molecule has 41 heavy (non-hydrogen) atoms. The summed E-state index contributed by atoms with van der Waals surface area (Å²) in [7, 11) is 0. The van der Waals surface area contributed by atoms with Crippen LogP contribution in [0.25, 0.3) is 0 Å². The predicted molar refractivity (Wildman–Crippen MR) is 154 cm³/mol. The Bertz CT molecular complexity index is 1450. The zero-order valence-corrected chi connectivity index (χ0v) is 23.0. The number of nitrogens with one attached hydrogen (secondary N) is 1. The Kier molecular flexibility index (Phi) is 9.43. The van der Waals surface area contributed by atoms with E-state index in [0.717, 1.165) is 27.1 Å². The van der Waals surface area contributed by atoms with Crippen LogP contribution in [0.2, 0.25) is 0 Å². The van der Waals surface area contributed by atoms with Crippen LogP contribution in [0.3, 0.4) is 0 Å². The second kappa shape index (κ2) is 13.6. The van der Waals surface area contributed by atoms with Crippen molar-refractivity contribution in [2.45, 2.75) is 43.0 Å². The van der Waals surface area contributed by atoms with Gasteiger partial charge >= 0.3 is 5.97 Å². The van der Waals surface area contributed by atoms with Gasteiger partial charge < -0.3 is 25.0 Å². The van der Waals surface area contributed by atoms with Crippen LogP contribution in [0.4, 0.5) is 0 Å². The maximum atomic E-state index is 12.4. The average molecular weight is 571 g/mol. The molecule has 3 aromatic carbocycles. The highest BCUT2D eigenvalue weighted by molar-refractivity contribution is 7.99. The first-order valence-electron chi connectivity index (χ1n) is 13.2. The van der Waals surface area contributed by atoms with Gasteiger partial charge in [-0.25, -0.2) is 4.79 Å². The number of carbonyl (C=O) groups excluding carboxylic acids is 1. The molecular formula is C32H30N2O6S. The van der Waals surface area contributed by atoms with Crippen molar-refractivity contribution in [1.29, 1.82) is 0 Å². The molecule has 3 N–H and O–H groups in total. The number of benzene rings is 3. The SMILES string of the molecule is O=C(O)c1ccc(SC[C@@H]2C[C@H](c3ccc(CO)cc3)O[C@H](c3ccc(CNC(=O)c4cccnc4)cc3)O2)cc1. The summed E-state index contributed by atoms with van der Waals surface area (Å²) >= 11 is 1.61. The van der Waals surface area contributed by atoms with E-state index in [1.54, 1.807) is 42.2 Å². The van der Waals surface area contributed by atoms with Crippen LogP contribution in [0.1, 0.15) is 61.8 Å². The van der Waals surface area contributed by atoms with Crippen LogP contribution in [-0.4, -0.2) is 38.9 Å². The van der Waals surface area contributed by atoms with E-state index in [0.29, 0.717) is 24.3 Å². The van der Waals surface area contributed by atoms with Crippen molar-refractivity contribution in [3.8, 4) is 0 Å². The molecular weight excluding hydrogens is 540 g/mol. The number of aliphatic hydroxyl groups is 1. The van der Waals surface area contributed by atoms with Gasteiger partial charge in [-0.05, 0) is 53.1 Å². The maximum absolute atomic E-state index is 12.4. The highest BCUT2D eigenvalue weighted by Gasteiger charge is 2.32. The van der Waals surface area contributed by atoms with Crippen LogP contribution in [0, 0.1) is 0 Å². The molecule has 210 valence electrons. The smallest absolute Gasteiger partial charge is 0.335 e. The van der Waals surface area contributed by atoms with Crippen molar-refractivity contribution in [2.75, 3.05) is 5.75 Å². The number of carboxylic acid groups (broad SMARTS) is 1. The molecule has 0 spiro atoms. The Morgan fingerprint density at radius 3 is 2.24 bits per heavy atom. The van der Waals surface area contributed by atoms with Crippen molar-refractivity contribution in [3.63, 3.8) is 0 Å². The lowest BCUT2D eigenvalue weighted by atomic mass is 10.0. The van der Waals surface area contributed by atoms with Gasteiger partial charge in [-0.3, -0.25) is 9.78 Å². The molecule has 1 amide bonds. The Morgan fingerprint density at radius 2 is 1.59 bits per heavy atom. The first-order chi connectivity index (χ1) is 20.0. The van der Waals surface area contributed by atoms with Gasteiger partial charge in [0.25, 0.3) is 5.91 Å². The maximum Gasteiger partial charge on any atom is 0.335 e. The number of aromatic nitrogens is 1. The molecule has 1 fully saturated rings. The van der Waals surface area contributed by atoms with Crippen molar-refractivity contribution in [3.05, 3.63) is 131 Å². The number of aromatic carboxylic acids is 1. The topological polar surface area (TPSA) is 118 Å². The van der Waals surface area contributed by atoms with E-state index in [1.807, 2.05) is 60.7 Å². The van der Waals surface area contributed by atoms with Crippen molar-refractivity contribution in [2.24, 2.45) is 0 Å². The first kappa shape index (κ1) is 28.5. The number of hydrogen-bond acceptors (Lipinski definition) is 7. The molecule has 8 nitrogen and oxygen atoms in total. The monoisotopic (exact) mass is 570 g/mol. The van der Waals surface area contributed by atoms with Gasteiger partial charge in [0.15, 0.2) is 6.29 Å². The Labute approximate surface area is 242 Å². The fourth-order valence-electron chi connectivity index (χ4n) is 4.48. The number of nitrogens with zero attached hydrogens (tertiary/aromatic N) is 1. The molecule has 3 atom stereocenters. The van der Waals surface area contributed by atoms with E-state index in [2.05, 4.69) is 10.3 Å². The highest BCUT2D eigenvalue weighted by Crippen LogP contribution is 2.39. The molecule has 9 heteroatoms. The van der Waals surface area contributed by atoms with E-state index < -0.39 is 12.3 Å². The van der Waals surface area contributed by atoms with Gasteiger partial charge in [0.1, 0.15) is 0 Å². The molecule has 0 unspecified atom stereocenters. The molecule has 1 aromatic heterocycles. The first-order valence-corrected chi connectivity index (χ1v) is 14.2. The second-order valence-corrected chi connectivity index (χ2v) is 10.8. The molecule has 2 heterocycles. The van der Waals surface area contributed by atoms with Crippen LogP contribution < -0.4 is 5.32 Å². The minimum atomic E-state index is -0.950. The highest BCUT2D eigenvalue weighted by atomic mass is 32.2. The second-order valence-electron chi connectivity index (χ2n) is 9.66. The summed E-state index contributed by atoms with van der Waals surface area (Å²) < 4.78 is 12.8. The summed E-state index contributed by atoms with van der Waals surface area (Å²) in [4.78, 5) is 28.5. The zero-order valence-electron chi connectivity index (χ0n) is 22.2. The molecule has 5 rings (SSSR count).